The van der Waals surface area contributed by atoms with E-state index in [4.69, 9.17) is 23.8 Å². The van der Waals surface area contributed by atoms with E-state index in [0.29, 0.717) is 14.9 Å². The zero-order chi connectivity index (χ0) is 20.7. The standard InChI is InChI=1S/C22H16ClFN2OS2/c1-13-10-15(14(2)25(13)16-6-4-3-5-7-16)11-20-21(27)26(22(28)29-20)17-8-9-19(24)18(23)12-17/h3-12H,1-2H3/b20-11+. The van der Waals surface area contributed by atoms with Crippen molar-refractivity contribution in [2.75, 3.05) is 4.90 Å². The molecule has 1 aliphatic rings. The van der Waals surface area contributed by atoms with Gasteiger partial charge in [-0.05, 0) is 61.9 Å². The van der Waals surface area contributed by atoms with Crippen molar-refractivity contribution in [2.24, 2.45) is 0 Å². The molecule has 146 valence electrons. The second kappa shape index (κ2) is 7.78. The van der Waals surface area contributed by atoms with Crippen LogP contribution < -0.4 is 4.90 Å². The van der Waals surface area contributed by atoms with Gasteiger partial charge < -0.3 is 4.57 Å². The van der Waals surface area contributed by atoms with Crippen LogP contribution in [-0.4, -0.2) is 14.8 Å². The third kappa shape index (κ3) is 3.64. The molecule has 1 saturated heterocycles. The third-order valence-electron chi connectivity index (χ3n) is 4.73. The number of thiocarbonyl (C=S) groups is 1. The van der Waals surface area contributed by atoms with Gasteiger partial charge in [-0.15, -0.1) is 0 Å². The van der Waals surface area contributed by atoms with Crippen LogP contribution in [0.15, 0.2) is 59.5 Å². The highest BCUT2D eigenvalue weighted by Crippen LogP contribution is 2.37. The van der Waals surface area contributed by atoms with Crippen LogP contribution in [0.3, 0.4) is 0 Å². The molecule has 0 N–H and O–H groups in total. The van der Waals surface area contributed by atoms with Gasteiger partial charge in [-0.1, -0.05) is 53.8 Å². The van der Waals surface area contributed by atoms with Crippen LogP contribution >= 0.6 is 35.6 Å². The first-order valence-corrected chi connectivity index (χ1v) is 10.4. The fourth-order valence-electron chi connectivity index (χ4n) is 3.36. The summed E-state index contributed by atoms with van der Waals surface area (Å²) in [5, 5.41) is -0.0491. The van der Waals surface area contributed by atoms with E-state index in [1.807, 2.05) is 56.3 Å². The van der Waals surface area contributed by atoms with Crippen molar-refractivity contribution in [2.45, 2.75) is 13.8 Å². The smallest absolute Gasteiger partial charge is 0.270 e. The van der Waals surface area contributed by atoms with Crippen LogP contribution in [0, 0.1) is 19.7 Å². The average Bonchev–Trinajstić information content (AvgIpc) is 3.13. The second-order valence-electron chi connectivity index (χ2n) is 6.61. The Morgan fingerprint density at radius 2 is 1.79 bits per heavy atom. The quantitative estimate of drug-likeness (QED) is 0.352. The van der Waals surface area contributed by atoms with E-state index in [1.165, 1.54) is 34.9 Å². The van der Waals surface area contributed by atoms with Gasteiger partial charge in [-0.3, -0.25) is 9.69 Å². The topological polar surface area (TPSA) is 25.2 Å². The Morgan fingerprint density at radius 1 is 1.07 bits per heavy atom. The van der Waals surface area contributed by atoms with Gasteiger partial charge in [0.1, 0.15) is 5.82 Å². The number of para-hydroxylation sites is 1. The zero-order valence-electron chi connectivity index (χ0n) is 15.6. The van der Waals surface area contributed by atoms with E-state index in [1.54, 1.807) is 0 Å². The molecule has 0 saturated carbocycles. The summed E-state index contributed by atoms with van der Waals surface area (Å²) in [5.41, 5.74) is 4.57. The Labute approximate surface area is 182 Å². The van der Waals surface area contributed by atoms with Crippen LogP contribution in [0.4, 0.5) is 10.1 Å². The highest BCUT2D eigenvalue weighted by Gasteiger charge is 2.34. The summed E-state index contributed by atoms with van der Waals surface area (Å²) in [7, 11) is 0. The van der Waals surface area contributed by atoms with Crippen LogP contribution in [0.1, 0.15) is 17.0 Å². The lowest BCUT2D eigenvalue weighted by Gasteiger charge is -2.14. The predicted octanol–water partition coefficient (Wildman–Crippen LogP) is 6.29. The van der Waals surface area contributed by atoms with Crippen LogP contribution in [0.25, 0.3) is 11.8 Å². The van der Waals surface area contributed by atoms with E-state index in [0.717, 1.165) is 22.6 Å². The number of halogens is 2. The predicted molar refractivity (Wildman–Crippen MR) is 122 cm³/mol. The van der Waals surface area contributed by atoms with Gasteiger partial charge in [0, 0.05) is 17.1 Å². The summed E-state index contributed by atoms with van der Waals surface area (Å²) >= 11 is 12.5. The Bertz CT molecular complexity index is 1170. The van der Waals surface area contributed by atoms with E-state index in [9.17, 15) is 9.18 Å². The normalized spacial score (nSPS) is 15.6. The lowest BCUT2D eigenvalue weighted by atomic mass is 10.2. The lowest BCUT2D eigenvalue weighted by molar-refractivity contribution is -0.113. The molecule has 2 aromatic carbocycles. The number of anilines is 1. The first kappa shape index (κ1) is 19.9. The molecule has 2 heterocycles. The van der Waals surface area contributed by atoms with Crippen molar-refractivity contribution in [3.8, 4) is 5.69 Å². The summed E-state index contributed by atoms with van der Waals surface area (Å²) in [5.74, 6) is -0.781. The number of aromatic nitrogens is 1. The molecule has 4 rings (SSSR count). The fraction of sp³-hybridized carbons (Fsp3) is 0.0909. The lowest BCUT2D eigenvalue weighted by Crippen LogP contribution is -2.27. The van der Waals surface area contributed by atoms with Crippen molar-refractivity contribution in [3.05, 3.63) is 87.3 Å². The van der Waals surface area contributed by atoms with Crippen molar-refractivity contribution in [1.29, 1.82) is 0 Å². The summed E-state index contributed by atoms with van der Waals surface area (Å²) < 4.78 is 16.0. The molecule has 3 aromatic rings. The molecule has 1 aliphatic heterocycles. The van der Waals surface area contributed by atoms with Crippen LogP contribution in [0.2, 0.25) is 5.02 Å². The maximum Gasteiger partial charge on any atom is 0.270 e. The number of benzene rings is 2. The Balaban J connectivity index is 1.70. The van der Waals surface area contributed by atoms with Gasteiger partial charge in [0.05, 0.1) is 15.6 Å². The highest BCUT2D eigenvalue weighted by molar-refractivity contribution is 8.27. The largest absolute Gasteiger partial charge is 0.318 e. The Morgan fingerprint density at radius 3 is 2.48 bits per heavy atom. The van der Waals surface area contributed by atoms with E-state index < -0.39 is 5.82 Å². The molecule has 1 fully saturated rings. The Kier molecular flexibility index (Phi) is 5.34. The molecule has 0 aliphatic carbocycles. The maximum absolute atomic E-state index is 13.5. The molecule has 0 radical (unpaired) electrons. The van der Waals surface area contributed by atoms with Gasteiger partial charge in [0.25, 0.3) is 5.91 Å². The molecule has 0 atom stereocenters. The molecule has 3 nitrogen and oxygen atoms in total. The molecule has 29 heavy (non-hydrogen) atoms. The molecule has 0 spiro atoms. The number of hydrogen-bond acceptors (Lipinski definition) is 3. The number of amides is 1. The molecular formula is C22H16ClFN2OS2. The minimum Gasteiger partial charge on any atom is -0.318 e. The Hall–Kier alpha value is -2.41. The number of carbonyl (C=O) groups excluding carboxylic acids is 1. The molecular weight excluding hydrogens is 427 g/mol. The van der Waals surface area contributed by atoms with Gasteiger partial charge in [-0.2, -0.15) is 0 Å². The number of thioether (sulfide) groups is 1. The third-order valence-corrected chi connectivity index (χ3v) is 6.32. The number of carbonyl (C=O) groups is 1. The summed E-state index contributed by atoms with van der Waals surface area (Å²) in [6.45, 7) is 4.05. The molecule has 0 unspecified atom stereocenters. The monoisotopic (exact) mass is 442 g/mol. The fourth-order valence-corrected chi connectivity index (χ4v) is 4.83. The van der Waals surface area contributed by atoms with Crippen molar-refractivity contribution >= 4 is 57.6 Å². The van der Waals surface area contributed by atoms with Crippen molar-refractivity contribution in [1.82, 2.24) is 4.57 Å². The maximum atomic E-state index is 13.5. The summed E-state index contributed by atoms with van der Waals surface area (Å²) in [4.78, 5) is 14.9. The number of rotatable bonds is 3. The molecule has 1 amide bonds. The SMILES string of the molecule is Cc1cc(/C=C2/SC(=S)N(c3ccc(F)c(Cl)c3)C2=O)c(C)n1-c1ccccc1. The second-order valence-corrected chi connectivity index (χ2v) is 8.70. The first-order valence-electron chi connectivity index (χ1n) is 8.84. The van der Waals surface area contributed by atoms with E-state index in [-0.39, 0.29) is 10.9 Å². The minimum absolute atomic E-state index is 0.0491. The number of hydrogen-bond donors (Lipinski definition) is 0. The van der Waals surface area contributed by atoms with Crippen molar-refractivity contribution in [3.63, 3.8) is 0 Å². The molecule has 7 heteroatoms. The summed E-state index contributed by atoms with van der Waals surface area (Å²) in [6.07, 6.45) is 1.85. The van der Waals surface area contributed by atoms with Crippen molar-refractivity contribution < 1.29 is 9.18 Å². The molecule has 0 bridgehead atoms. The molecule has 1 aromatic heterocycles. The zero-order valence-corrected chi connectivity index (χ0v) is 18.0. The van der Waals surface area contributed by atoms with Crippen LogP contribution in [0.5, 0.6) is 0 Å². The van der Waals surface area contributed by atoms with E-state index >= 15 is 0 Å². The number of aryl methyl sites for hydroxylation is 1. The minimum atomic E-state index is -0.537. The first-order chi connectivity index (χ1) is 13.9. The summed E-state index contributed by atoms with van der Waals surface area (Å²) in [6, 6.07) is 16.2. The average molecular weight is 443 g/mol. The van der Waals surface area contributed by atoms with Crippen LogP contribution in [-0.2, 0) is 4.79 Å². The number of nitrogens with zero attached hydrogens (tertiary/aromatic N) is 2. The van der Waals surface area contributed by atoms with Gasteiger partial charge in [-0.25, -0.2) is 4.39 Å². The van der Waals surface area contributed by atoms with Gasteiger partial charge in [0.15, 0.2) is 4.32 Å². The van der Waals surface area contributed by atoms with Gasteiger partial charge in [0.2, 0.25) is 0 Å². The van der Waals surface area contributed by atoms with Gasteiger partial charge >= 0.3 is 0 Å². The van der Waals surface area contributed by atoms with E-state index in [2.05, 4.69) is 4.57 Å². The highest BCUT2D eigenvalue weighted by atomic mass is 35.5.